The van der Waals surface area contributed by atoms with Gasteiger partial charge in [0, 0.05) is 18.9 Å². The Morgan fingerprint density at radius 3 is 2.84 bits per heavy atom. The second-order valence-corrected chi connectivity index (χ2v) is 4.88. The highest BCUT2D eigenvalue weighted by atomic mass is 16.5. The first-order valence-corrected chi connectivity index (χ1v) is 7.00. The van der Waals surface area contributed by atoms with Gasteiger partial charge in [-0.3, -0.25) is 0 Å². The lowest BCUT2D eigenvalue weighted by Gasteiger charge is -2.07. The fraction of sp³-hybridized carbons (Fsp3) is 0.438. The average Bonchev–Trinajstić information content (AvgIpc) is 2.91. The number of nitrogens with zero attached hydrogens (tertiary/aromatic N) is 2. The standard InChI is InChI=1S/C16H22N2O/c1-15-7-6-8-16(13-15)19-12-5-3-2-4-10-18-11-9-17-14-18/h6-9,11,13-14H,2-5,10,12H2,1H3. The number of rotatable bonds is 8. The molecule has 0 unspecified atom stereocenters. The molecule has 102 valence electrons. The van der Waals surface area contributed by atoms with Gasteiger partial charge >= 0.3 is 0 Å². The van der Waals surface area contributed by atoms with Crippen molar-refractivity contribution in [3.8, 4) is 5.75 Å². The van der Waals surface area contributed by atoms with Gasteiger partial charge in [-0.1, -0.05) is 25.0 Å². The smallest absolute Gasteiger partial charge is 0.119 e. The van der Waals surface area contributed by atoms with Crippen LogP contribution in [0.15, 0.2) is 43.0 Å². The van der Waals surface area contributed by atoms with Crippen LogP contribution in [0.3, 0.4) is 0 Å². The molecular weight excluding hydrogens is 236 g/mol. The molecule has 2 aromatic rings. The van der Waals surface area contributed by atoms with Gasteiger partial charge in [0.1, 0.15) is 5.75 Å². The van der Waals surface area contributed by atoms with Crippen LogP contribution in [0, 0.1) is 6.92 Å². The fourth-order valence-electron chi connectivity index (χ4n) is 2.06. The predicted molar refractivity (Wildman–Crippen MR) is 77.4 cm³/mol. The average molecular weight is 258 g/mol. The molecule has 0 fully saturated rings. The fourth-order valence-corrected chi connectivity index (χ4v) is 2.06. The van der Waals surface area contributed by atoms with E-state index in [-0.39, 0.29) is 0 Å². The third-order valence-corrected chi connectivity index (χ3v) is 3.13. The third kappa shape index (κ3) is 5.16. The molecule has 1 heterocycles. The molecule has 0 saturated heterocycles. The summed E-state index contributed by atoms with van der Waals surface area (Å²) in [6.45, 7) is 3.97. The molecule has 0 atom stereocenters. The number of imidazole rings is 1. The van der Waals surface area contributed by atoms with Crippen molar-refractivity contribution in [3.63, 3.8) is 0 Å². The zero-order chi connectivity index (χ0) is 13.3. The van der Waals surface area contributed by atoms with Gasteiger partial charge in [0.2, 0.25) is 0 Å². The minimum atomic E-state index is 0.814. The van der Waals surface area contributed by atoms with Crippen molar-refractivity contribution in [2.75, 3.05) is 6.61 Å². The van der Waals surface area contributed by atoms with Crippen LogP contribution in [-0.2, 0) is 6.54 Å². The zero-order valence-corrected chi connectivity index (χ0v) is 11.6. The maximum Gasteiger partial charge on any atom is 0.119 e. The number of hydrogen-bond donors (Lipinski definition) is 0. The van der Waals surface area contributed by atoms with Gasteiger partial charge in [0.15, 0.2) is 0 Å². The van der Waals surface area contributed by atoms with Crippen molar-refractivity contribution in [1.29, 1.82) is 0 Å². The summed E-state index contributed by atoms with van der Waals surface area (Å²) in [6.07, 6.45) is 10.5. The Bertz CT molecular complexity index is 465. The summed E-state index contributed by atoms with van der Waals surface area (Å²) < 4.78 is 7.85. The highest BCUT2D eigenvalue weighted by Gasteiger charge is 1.95. The molecule has 2 rings (SSSR count). The maximum atomic E-state index is 5.72. The summed E-state index contributed by atoms with van der Waals surface area (Å²) in [6, 6.07) is 8.23. The van der Waals surface area contributed by atoms with E-state index in [2.05, 4.69) is 28.6 Å². The van der Waals surface area contributed by atoms with Gasteiger partial charge in [-0.2, -0.15) is 0 Å². The molecule has 0 spiro atoms. The zero-order valence-electron chi connectivity index (χ0n) is 11.6. The minimum Gasteiger partial charge on any atom is -0.494 e. The van der Waals surface area contributed by atoms with Crippen molar-refractivity contribution in [2.45, 2.75) is 39.2 Å². The first-order valence-electron chi connectivity index (χ1n) is 7.00. The monoisotopic (exact) mass is 258 g/mol. The van der Waals surface area contributed by atoms with Crippen LogP contribution in [0.25, 0.3) is 0 Å². The minimum absolute atomic E-state index is 0.814. The van der Waals surface area contributed by atoms with Crippen molar-refractivity contribution in [1.82, 2.24) is 9.55 Å². The van der Waals surface area contributed by atoms with Crippen LogP contribution in [0.5, 0.6) is 5.75 Å². The lowest BCUT2D eigenvalue weighted by atomic mass is 10.2. The molecule has 0 radical (unpaired) electrons. The molecule has 3 nitrogen and oxygen atoms in total. The second kappa shape index (κ2) is 7.62. The highest BCUT2D eigenvalue weighted by molar-refractivity contribution is 5.27. The molecular formula is C16H22N2O. The van der Waals surface area contributed by atoms with E-state index in [1.54, 1.807) is 0 Å². The molecule has 19 heavy (non-hydrogen) atoms. The summed E-state index contributed by atoms with van der Waals surface area (Å²) in [7, 11) is 0. The Hall–Kier alpha value is -1.77. The lowest BCUT2D eigenvalue weighted by molar-refractivity contribution is 0.304. The van der Waals surface area contributed by atoms with E-state index >= 15 is 0 Å². The van der Waals surface area contributed by atoms with E-state index < -0.39 is 0 Å². The SMILES string of the molecule is Cc1cccc(OCCCCCCn2ccnc2)c1. The lowest BCUT2D eigenvalue weighted by Crippen LogP contribution is -1.98. The van der Waals surface area contributed by atoms with Gasteiger partial charge in [0.05, 0.1) is 12.9 Å². The van der Waals surface area contributed by atoms with Crippen LogP contribution in [-0.4, -0.2) is 16.2 Å². The van der Waals surface area contributed by atoms with E-state index in [9.17, 15) is 0 Å². The number of aromatic nitrogens is 2. The van der Waals surface area contributed by atoms with Gasteiger partial charge < -0.3 is 9.30 Å². The van der Waals surface area contributed by atoms with Gasteiger partial charge in [-0.05, 0) is 37.5 Å². The van der Waals surface area contributed by atoms with Crippen LogP contribution in [0.2, 0.25) is 0 Å². The highest BCUT2D eigenvalue weighted by Crippen LogP contribution is 2.13. The number of unbranched alkanes of at least 4 members (excludes halogenated alkanes) is 3. The molecule has 1 aromatic carbocycles. The van der Waals surface area contributed by atoms with Crippen molar-refractivity contribution < 1.29 is 4.74 Å². The van der Waals surface area contributed by atoms with Gasteiger partial charge in [-0.15, -0.1) is 0 Å². The summed E-state index contributed by atoms with van der Waals surface area (Å²) in [5.74, 6) is 0.985. The molecule has 0 N–H and O–H groups in total. The van der Waals surface area contributed by atoms with Crippen molar-refractivity contribution in [2.24, 2.45) is 0 Å². The summed E-state index contributed by atoms with van der Waals surface area (Å²) in [5, 5.41) is 0. The van der Waals surface area contributed by atoms with E-state index in [4.69, 9.17) is 4.74 Å². The maximum absolute atomic E-state index is 5.72. The van der Waals surface area contributed by atoms with Crippen LogP contribution in [0.1, 0.15) is 31.2 Å². The first kappa shape index (κ1) is 13.7. The number of ether oxygens (including phenoxy) is 1. The van der Waals surface area contributed by atoms with Gasteiger partial charge in [0.25, 0.3) is 0 Å². The number of hydrogen-bond acceptors (Lipinski definition) is 2. The number of aryl methyl sites for hydroxylation is 2. The first-order chi connectivity index (χ1) is 9.34. The Balaban J connectivity index is 1.50. The molecule has 3 heteroatoms. The molecule has 0 aliphatic rings. The second-order valence-electron chi connectivity index (χ2n) is 4.88. The molecule has 0 saturated carbocycles. The van der Waals surface area contributed by atoms with E-state index in [0.29, 0.717) is 0 Å². The van der Waals surface area contributed by atoms with Crippen LogP contribution < -0.4 is 4.74 Å². The molecule has 0 aliphatic carbocycles. The quantitative estimate of drug-likeness (QED) is 0.673. The van der Waals surface area contributed by atoms with Gasteiger partial charge in [-0.25, -0.2) is 4.98 Å². The van der Waals surface area contributed by atoms with E-state index in [1.807, 2.05) is 30.9 Å². The Morgan fingerprint density at radius 2 is 2.05 bits per heavy atom. The molecule has 0 amide bonds. The predicted octanol–water partition coefficient (Wildman–Crippen LogP) is 3.83. The summed E-state index contributed by atoms with van der Waals surface area (Å²) in [4.78, 5) is 4.03. The largest absolute Gasteiger partial charge is 0.494 e. The third-order valence-electron chi connectivity index (χ3n) is 3.13. The number of benzene rings is 1. The van der Waals surface area contributed by atoms with Crippen molar-refractivity contribution in [3.05, 3.63) is 48.5 Å². The van der Waals surface area contributed by atoms with Crippen molar-refractivity contribution >= 4 is 0 Å². The van der Waals surface area contributed by atoms with E-state index in [0.717, 1.165) is 25.3 Å². The normalized spacial score (nSPS) is 10.6. The molecule has 0 bridgehead atoms. The Morgan fingerprint density at radius 1 is 1.16 bits per heavy atom. The Kier molecular flexibility index (Phi) is 5.48. The molecule has 1 aromatic heterocycles. The topological polar surface area (TPSA) is 27.1 Å². The molecule has 0 aliphatic heterocycles. The summed E-state index contributed by atoms with van der Waals surface area (Å²) in [5.41, 5.74) is 1.25. The van der Waals surface area contributed by atoms with Crippen LogP contribution in [0.4, 0.5) is 0 Å². The summed E-state index contributed by atoms with van der Waals surface area (Å²) >= 11 is 0. The Labute approximate surface area is 115 Å². The van der Waals surface area contributed by atoms with E-state index in [1.165, 1.54) is 24.8 Å². The van der Waals surface area contributed by atoms with Crippen LogP contribution >= 0.6 is 0 Å².